The second-order valence-electron chi connectivity index (χ2n) is 10.1. The van der Waals surface area contributed by atoms with Gasteiger partial charge in [-0.25, -0.2) is 0 Å². The van der Waals surface area contributed by atoms with E-state index in [0.717, 1.165) is 29.7 Å². The van der Waals surface area contributed by atoms with Gasteiger partial charge >= 0.3 is 5.91 Å². The molecular weight excluding hydrogens is 650 g/mol. The number of halogens is 1. The van der Waals surface area contributed by atoms with Gasteiger partial charge in [-0.05, 0) is 60.0 Å². The van der Waals surface area contributed by atoms with Crippen molar-refractivity contribution in [2.24, 2.45) is 0 Å². The number of methoxy groups -OCH3 is 3. The Kier molecular flexibility index (Phi) is 10.7. The number of hydrogen-bond donors (Lipinski definition) is 1. The smallest absolute Gasteiger partial charge is 0.301 e. The van der Waals surface area contributed by atoms with Gasteiger partial charge in [0, 0.05) is 16.3 Å². The molecule has 1 saturated heterocycles. The third kappa shape index (κ3) is 6.79. The molecule has 1 atom stereocenters. The van der Waals surface area contributed by atoms with Gasteiger partial charge in [-0.3, -0.25) is 14.5 Å². The molecule has 1 amide bonds. The van der Waals surface area contributed by atoms with Crippen LogP contribution in [-0.4, -0.2) is 54.9 Å². The van der Waals surface area contributed by atoms with Crippen LogP contribution in [0.2, 0.25) is 5.02 Å². The second-order valence-corrected chi connectivity index (χ2v) is 12.7. The molecule has 1 N–H and O–H groups in total. The van der Waals surface area contributed by atoms with Crippen LogP contribution in [-0.2, 0) is 15.3 Å². The molecule has 240 valence electrons. The number of aliphatic hydroxyl groups excluding tert-OH is 1. The number of rotatable bonds is 13. The van der Waals surface area contributed by atoms with Crippen molar-refractivity contribution in [3.8, 4) is 23.0 Å². The highest BCUT2D eigenvalue weighted by Crippen LogP contribution is 2.48. The Labute approximate surface area is 279 Å². The molecule has 1 aliphatic rings. The predicted octanol–water partition coefficient (Wildman–Crippen LogP) is 7.31. The highest BCUT2D eigenvalue weighted by molar-refractivity contribution is 8.00. The van der Waals surface area contributed by atoms with E-state index in [1.165, 1.54) is 38.0 Å². The zero-order valence-electron chi connectivity index (χ0n) is 25.6. The van der Waals surface area contributed by atoms with Crippen LogP contribution in [0.3, 0.4) is 0 Å². The quantitative estimate of drug-likeness (QED) is 0.0384. The maximum atomic E-state index is 13.7. The van der Waals surface area contributed by atoms with Gasteiger partial charge < -0.3 is 24.1 Å². The number of aromatic nitrogens is 2. The predicted molar refractivity (Wildman–Crippen MR) is 179 cm³/mol. The van der Waals surface area contributed by atoms with Gasteiger partial charge in [-0.15, -0.1) is 10.2 Å². The molecule has 46 heavy (non-hydrogen) atoms. The zero-order valence-corrected chi connectivity index (χ0v) is 28.0. The monoisotopic (exact) mass is 681 g/mol. The lowest BCUT2D eigenvalue weighted by Gasteiger charge is -2.24. The number of ether oxygens (including phenoxy) is 4. The molecule has 0 saturated carbocycles. The molecule has 1 fully saturated rings. The summed E-state index contributed by atoms with van der Waals surface area (Å²) in [5.41, 5.74) is 1.56. The molecule has 0 bridgehead atoms. The van der Waals surface area contributed by atoms with Crippen LogP contribution in [0.5, 0.6) is 23.0 Å². The number of nitrogens with zero attached hydrogens (tertiary/aromatic N) is 3. The Morgan fingerprint density at radius 1 is 1.00 bits per heavy atom. The van der Waals surface area contributed by atoms with Crippen LogP contribution in [0.4, 0.5) is 5.13 Å². The van der Waals surface area contributed by atoms with Gasteiger partial charge in [0.05, 0.1) is 39.6 Å². The lowest BCUT2D eigenvalue weighted by molar-refractivity contribution is -0.132. The van der Waals surface area contributed by atoms with E-state index in [0.29, 0.717) is 55.8 Å². The molecule has 1 unspecified atom stereocenters. The Balaban J connectivity index is 1.58. The maximum absolute atomic E-state index is 13.7. The topological polar surface area (TPSA) is 120 Å². The number of benzene rings is 3. The number of hydrogen-bond acceptors (Lipinski definition) is 11. The molecule has 1 aromatic heterocycles. The number of thioether (sulfide) groups is 1. The Bertz CT molecular complexity index is 1740. The average molecular weight is 682 g/mol. The van der Waals surface area contributed by atoms with Crippen LogP contribution in [0.15, 0.2) is 70.6 Å². The molecule has 1 aliphatic heterocycles. The molecule has 4 aromatic rings. The minimum atomic E-state index is -1.09. The normalized spacial score (nSPS) is 15.7. The first kappa shape index (κ1) is 33.1. The summed E-state index contributed by atoms with van der Waals surface area (Å²) in [5.74, 6) is 0.0206. The van der Waals surface area contributed by atoms with Gasteiger partial charge in [0.1, 0.15) is 11.5 Å². The number of aliphatic hydroxyl groups is 1. The summed E-state index contributed by atoms with van der Waals surface area (Å²) in [4.78, 5) is 28.7. The molecule has 2 heterocycles. The average Bonchev–Trinajstić information content (AvgIpc) is 3.65. The third-order valence-corrected chi connectivity index (χ3v) is 9.73. The van der Waals surface area contributed by atoms with Crippen molar-refractivity contribution in [2.45, 2.75) is 35.9 Å². The van der Waals surface area contributed by atoms with Crippen molar-refractivity contribution in [3.05, 3.63) is 87.9 Å². The van der Waals surface area contributed by atoms with E-state index in [1.807, 2.05) is 24.3 Å². The van der Waals surface area contributed by atoms with Crippen molar-refractivity contribution >= 4 is 57.3 Å². The fraction of sp³-hybridized carbons (Fsp3) is 0.273. The van der Waals surface area contributed by atoms with Gasteiger partial charge in [0.25, 0.3) is 5.78 Å². The molecule has 10 nitrogen and oxygen atoms in total. The zero-order chi connectivity index (χ0) is 32.8. The Hall–Kier alpha value is -4.26. The fourth-order valence-electron chi connectivity index (χ4n) is 4.92. The molecule has 0 radical (unpaired) electrons. The SMILES string of the molecule is CCCCOc1ccc(/C(O)=C2/C(=O)C(=O)N(c3nnc(SCc4ccccc4Cl)s3)C2c2cc(OC)c(OC)c(OC)c2)cc1. The summed E-state index contributed by atoms with van der Waals surface area (Å²) >= 11 is 8.88. The summed E-state index contributed by atoms with van der Waals surface area (Å²) in [7, 11) is 4.41. The number of ketones is 1. The first-order valence-corrected chi connectivity index (χ1v) is 16.5. The lowest BCUT2D eigenvalue weighted by atomic mass is 9.94. The Morgan fingerprint density at radius 3 is 2.33 bits per heavy atom. The largest absolute Gasteiger partial charge is 0.507 e. The van der Waals surface area contributed by atoms with Crippen LogP contribution in [0.25, 0.3) is 5.76 Å². The maximum Gasteiger partial charge on any atom is 0.301 e. The minimum Gasteiger partial charge on any atom is -0.507 e. The van der Waals surface area contributed by atoms with Gasteiger partial charge in [0.2, 0.25) is 10.9 Å². The van der Waals surface area contributed by atoms with Crippen molar-refractivity contribution in [2.75, 3.05) is 32.8 Å². The number of amides is 1. The van der Waals surface area contributed by atoms with Crippen LogP contribution in [0, 0.1) is 0 Å². The van der Waals surface area contributed by atoms with Gasteiger partial charge in [-0.2, -0.15) is 0 Å². The van der Waals surface area contributed by atoms with E-state index < -0.39 is 17.7 Å². The summed E-state index contributed by atoms with van der Waals surface area (Å²) in [6, 6.07) is 16.4. The second kappa shape index (κ2) is 14.9. The summed E-state index contributed by atoms with van der Waals surface area (Å²) in [5, 5.41) is 21.0. The number of carbonyl (C=O) groups excluding carboxylic acids is 2. The van der Waals surface area contributed by atoms with Crippen molar-refractivity contribution in [3.63, 3.8) is 0 Å². The van der Waals surface area contributed by atoms with E-state index in [1.54, 1.807) is 36.4 Å². The van der Waals surface area contributed by atoms with Crippen LogP contribution >= 0.6 is 34.7 Å². The number of Topliss-reactive ketones (excluding diaryl/α,β-unsaturated/α-hetero) is 1. The molecule has 5 rings (SSSR count). The van der Waals surface area contributed by atoms with Crippen molar-refractivity contribution in [1.29, 1.82) is 0 Å². The number of unbranched alkanes of at least 4 members (excludes halogenated alkanes) is 1. The minimum absolute atomic E-state index is 0.126. The Morgan fingerprint density at radius 2 is 1.70 bits per heavy atom. The first-order valence-electron chi connectivity index (χ1n) is 14.3. The summed E-state index contributed by atoms with van der Waals surface area (Å²) in [6.07, 6.45) is 1.90. The van der Waals surface area contributed by atoms with Crippen LogP contribution in [0.1, 0.15) is 42.5 Å². The molecule has 3 aromatic carbocycles. The van der Waals surface area contributed by atoms with Crippen molar-refractivity contribution in [1.82, 2.24) is 10.2 Å². The van der Waals surface area contributed by atoms with E-state index in [-0.39, 0.29) is 16.5 Å². The first-order chi connectivity index (χ1) is 22.3. The van der Waals surface area contributed by atoms with E-state index >= 15 is 0 Å². The molecular formula is C33H32ClN3O7S2. The van der Waals surface area contributed by atoms with Crippen LogP contribution < -0.4 is 23.8 Å². The lowest BCUT2D eigenvalue weighted by Crippen LogP contribution is -2.29. The van der Waals surface area contributed by atoms with Gasteiger partial charge in [-0.1, -0.05) is 66.2 Å². The number of carbonyl (C=O) groups is 2. The highest BCUT2D eigenvalue weighted by Gasteiger charge is 2.49. The summed E-state index contributed by atoms with van der Waals surface area (Å²) in [6.45, 7) is 2.64. The van der Waals surface area contributed by atoms with Crippen molar-refractivity contribution < 1.29 is 33.6 Å². The van der Waals surface area contributed by atoms with E-state index in [4.69, 9.17) is 30.5 Å². The van der Waals surface area contributed by atoms with E-state index in [9.17, 15) is 14.7 Å². The van der Waals surface area contributed by atoms with Gasteiger partial charge in [0.15, 0.2) is 15.8 Å². The number of anilines is 1. The molecule has 0 aliphatic carbocycles. The highest BCUT2D eigenvalue weighted by atomic mass is 35.5. The molecule has 13 heteroatoms. The molecule has 0 spiro atoms. The fourth-order valence-corrected chi connectivity index (χ4v) is 7.07. The third-order valence-electron chi connectivity index (χ3n) is 7.25. The van der Waals surface area contributed by atoms with E-state index in [2.05, 4.69) is 17.1 Å². The standard InChI is InChI=1S/C33H32ClN3O7S2/c1-5-6-15-44-22-13-11-19(12-14-22)28(38)26-27(21-16-24(41-2)30(43-4)25(17-21)42-3)37(31(40)29(26)39)32-35-36-33(46-32)45-18-20-9-7-8-10-23(20)34/h7-14,16-17,27,38H,5-6,15,18H2,1-4H3/b28-26-. The summed E-state index contributed by atoms with van der Waals surface area (Å²) < 4.78 is 22.9.